The van der Waals surface area contributed by atoms with Gasteiger partial charge >= 0.3 is 0 Å². The second-order valence-electron chi connectivity index (χ2n) is 3.17. The largest absolute Gasteiger partial charge is 0.496 e. The first-order chi connectivity index (χ1) is 7.74. The predicted octanol–water partition coefficient (Wildman–Crippen LogP) is 2.42. The zero-order valence-corrected chi connectivity index (χ0v) is 9.55. The van der Waals surface area contributed by atoms with Crippen molar-refractivity contribution in [1.82, 2.24) is 4.98 Å². The van der Waals surface area contributed by atoms with Crippen molar-refractivity contribution in [2.24, 2.45) is 5.73 Å². The Labute approximate surface area is 96.7 Å². The van der Waals surface area contributed by atoms with E-state index < -0.39 is 0 Å². The standard InChI is InChI=1S/C11H11FN2OS/c1-15-9-3-2-7(12)4-8(9)10-6-14-11(5-13)16-10/h2-4,6H,5,13H2,1H3. The Morgan fingerprint density at radius 3 is 2.94 bits per heavy atom. The summed E-state index contributed by atoms with van der Waals surface area (Å²) in [6.07, 6.45) is 1.68. The maximum atomic E-state index is 13.2. The minimum atomic E-state index is -0.293. The lowest BCUT2D eigenvalue weighted by Gasteiger charge is -2.05. The van der Waals surface area contributed by atoms with Crippen LogP contribution in [0.25, 0.3) is 10.4 Å². The molecule has 0 spiro atoms. The van der Waals surface area contributed by atoms with Gasteiger partial charge in [0.15, 0.2) is 0 Å². The highest BCUT2D eigenvalue weighted by Gasteiger charge is 2.10. The first kappa shape index (κ1) is 11.0. The molecule has 1 heterocycles. The Hall–Kier alpha value is -1.46. The van der Waals surface area contributed by atoms with Crippen LogP contribution in [0, 0.1) is 5.82 Å². The maximum absolute atomic E-state index is 13.2. The molecule has 2 N–H and O–H groups in total. The van der Waals surface area contributed by atoms with E-state index in [1.54, 1.807) is 19.4 Å². The fourth-order valence-corrected chi connectivity index (χ4v) is 2.22. The Morgan fingerprint density at radius 2 is 2.31 bits per heavy atom. The predicted molar refractivity (Wildman–Crippen MR) is 62.0 cm³/mol. The van der Waals surface area contributed by atoms with Crippen molar-refractivity contribution in [3.8, 4) is 16.2 Å². The highest BCUT2D eigenvalue weighted by molar-refractivity contribution is 7.15. The van der Waals surface area contributed by atoms with Gasteiger partial charge in [-0.05, 0) is 18.2 Å². The lowest BCUT2D eigenvalue weighted by atomic mass is 10.2. The van der Waals surface area contributed by atoms with Gasteiger partial charge in [-0.15, -0.1) is 11.3 Å². The Kier molecular flexibility index (Phi) is 3.17. The van der Waals surface area contributed by atoms with Crippen molar-refractivity contribution in [1.29, 1.82) is 0 Å². The minimum Gasteiger partial charge on any atom is -0.496 e. The summed E-state index contributed by atoms with van der Waals surface area (Å²) < 4.78 is 18.3. The molecule has 1 aromatic heterocycles. The van der Waals surface area contributed by atoms with E-state index in [0.717, 1.165) is 9.88 Å². The van der Waals surface area contributed by atoms with Crippen LogP contribution in [-0.2, 0) is 6.54 Å². The quantitative estimate of drug-likeness (QED) is 0.893. The zero-order valence-electron chi connectivity index (χ0n) is 8.74. The van der Waals surface area contributed by atoms with Gasteiger partial charge in [0.25, 0.3) is 0 Å². The molecule has 0 aliphatic carbocycles. The molecule has 2 aromatic rings. The van der Waals surface area contributed by atoms with Crippen LogP contribution in [0.2, 0.25) is 0 Å². The van der Waals surface area contributed by atoms with Crippen LogP contribution in [-0.4, -0.2) is 12.1 Å². The van der Waals surface area contributed by atoms with Gasteiger partial charge in [0.05, 0.1) is 12.0 Å². The van der Waals surface area contributed by atoms with Gasteiger partial charge in [-0.2, -0.15) is 0 Å². The molecule has 5 heteroatoms. The van der Waals surface area contributed by atoms with Gasteiger partial charge in [-0.25, -0.2) is 9.37 Å². The normalized spacial score (nSPS) is 10.4. The smallest absolute Gasteiger partial charge is 0.127 e. The highest BCUT2D eigenvalue weighted by atomic mass is 32.1. The second-order valence-corrected chi connectivity index (χ2v) is 4.28. The molecular weight excluding hydrogens is 227 g/mol. The number of ether oxygens (including phenoxy) is 1. The summed E-state index contributed by atoms with van der Waals surface area (Å²) in [7, 11) is 1.56. The van der Waals surface area contributed by atoms with E-state index in [1.807, 2.05) is 0 Å². The molecule has 0 saturated carbocycles. The summed E-state index contributed by atoms with van der Waals surface area (Å²) in [6.45, 7) is 0.391. The molecule has 3 nitrogen and oxygen atoms in total. The van der Waals surface area contributed by atoms with Crippen LogP contribution in [0.5, 0.6) is 5.75 Å². The number of hydrogen-bond acceptors (Lipinski definition) is 4. The molecular formula is C11H11FN2OS. The van der Waals surface area contributed by atoms with Gasteiger partial charge < -0.3 is 10.5 Å². The number of benzene rings is 1. The van der Waals surface area contributed by atoms with Crippen LogP contribution >= 0.6 is 11.3 Å². The Balaban J connectivity index is 2.49. The van der Waals surface area contributed by atoms with Crippen molar-refractivity contribution in [2.45, 2.75) is 6.54 Å². The molecule has 16 heavy (non-hydrogen) atoms. The summed E-state index contributed by atoms with van der Waals surface area (Å²) in [6, 6.07) is 4.41. The average Bonchev–Trinajstić information content (AvgIpc) is 2.77. The molecule has 0 bridgehead atoms. The number of aromatic nitrogens is 1. The summed E-state index contributed by atoms with van der Waals surface area (Å²) >= 11 is 1.44. The maximum Gasteiger partial charge on any atom is 0.127 e. The van der Waals surface area contributed by atoms with Gasteiger partial charge in [0.2, 0.25) is 0 Å². The molecule has 0 saturated heterocycles. The van der Waals surface area contributed by atoms with Crippen LogP contribution in [0.4, 0.5) is 4.39 Å². The van der Waals surface area contributed by atoms with Crippen LogP contribution in [0.3, 0.4) is 0 Å². The summed E-state index contributed by atoms with van der Waals surface area (Å²) in [5, 5.41) is 0.821. The van der Waals surface area contributed by atoms with Crippen molar-refractivity contribution in [2.75, 3.05) is 7.11 Å². The van der Waals surface area contributed by atoms with Gasteiger partial charge in [0.1, 0.15) is 16.6 Å². The molecule has 0 aliphatic rings. The third kappa shape index (κ3) is 2.05. The Morgan fingerprint density at radius 1 is 1.50 bits per heavy atom. The summed E-state index contributed by atoms with van der Waals surface area (Å²) in [5.74, 6) is 0.340. The lowest BCUT2D eigenvalue weighted by Crippen LogP contribution is -1.93. The fraction of sp³-hybridized carbons (Fsp3) is 0.182. The van der Waals surface area contributed by atoms with E-state index in [-0.39, 0.29) is 5.82 Å². The van der Waals surface area contributed by atoms with E-state index in [9.17, 15) is 4.39 Å². The third-order valence-corrected chi connectivity index (χ3v) is 3.21. The molecule has 0 amide bonds. The monoisotopic (exact) mass is 238 g/mol. The molecule has 0 radical (unpaired) electrons. The van der Waals surface area contributed by atoms with Gasteiger partial charge in [-0.1, -0.05) is 0 Å². The lowest BCUT2D eigenvalue weighted by molar-refractivity contribution is 0.415. The van der Waals surface area contributed by atoms with E-state index in [1.165, 1.54) is 23.5 Å². The van der Waals surface area contributed by atoms with E-state index in [2.05, 4.69) is 4.98 Å². The topological polar surface area (TPSA) is 48.1 Å². The van der Waals surface area contributed by atoms with E-state index in [0.29, 0.717) is 17.9 Å². The molecule has 0 fully saturated rings. The first-order valence-electron chi connectivity index (χ1n) is 4.73. The van der Waals surface area contributed by atoms with Crippen molar-refractivity contribution < 1.29 is 9.13 Å². The SMILES string of the molecule is COc1ccc(F)cc1-c1cnc(CN)s1. The molecule has 1 aromatic carbocycles. The van der Waals surface area contributed by atoms with Gasteiger partial charge in [-0.3, -0.25) is 0 Å². The molecule has 84 valence electrons. The van der Waals surface area contributed by atoms with Crippen molar-refractivity contribution in [3.05, 3.63) is 35.2 Å². The molecule has 0 atom stereocenters. The van der Waals surface area contributed by atoms with Crippen molar-refractivity contribution in [3.63, 3.8) is 0 Å². The number of hydrogen-bond donors (Lipinski definition) is 1. The van der Waals surface area contributed by atoms with E-state index in [4.69, 9.17) is 10.5 Å². The number of methoxy groups -OCH3 is 1. The second kappa shape index (κ2) is 4.59. The zero-order chi connectivity index (χ0) is 11.5. The number of thiazole rings is 1. The summed E-state index contributed by atoms with van der Waals surface area (Å²) in [4.78, 5) is 4.99. The number of rotatable bonds is 3. The minimum absolute atomic E-state index is 0.293. The van der Waals surface area contributed by atoms with Crippen LogP contribution in [0.1, 0.15) is 5.01 Å². The number of nitrogens with zero attached hydrogens (tertiary/aromatic N) is 1. The molecule has 0 unspecified atom stereocenters. The number of nitrogens with two attached hydrogens (primary N) is 1. The van der Waals surface area contributed by atoms with Gasteiger partial charge in [0, 0.05) is 18.3 Å². The Bertz CT molecular complexity index is 498. The number of halogens is 1. The average molecular weight is 238 g/mol. The molecule has 2 rings (SSSR count). The third-order valence-electron chi connectivity index (χ3n) is 2.16. The van der Waals surface area contributed by atoms with E-state index >= 15 is 0 Å². The summed E-state index contributed by atoms with van der Waals surface area (Å²) in [5.41, 5.74) is 6.19. The highest BCUT2D eigenvalue weighted by Crippen LogP contribution is 2.34. The van der Waals surface area contributed by atoms with Crippen LogP contribution in [0.15, 0.2) is 24.4 Å². The molecule has 0 aliphatic heterocycles. The van der Waals surface area contributed by atoms with Crippen LogP contribution < -0.4 is 10.5 Å². The first-order valence-corrected chi connectivity index (χ1v) is 5.55. The fourth-order valence-electron chi connectivity index (χ4n) is 1.40. The van der Waals surface area contributed by atoms with Crippen molar-refractivity contribution >= 4 is 11.3 Å².